The molecule has 29 heavy (non-hydrogen) atoms. The summed E-state index contributed by atoms with van der Waals surface area (Å²) in [6.45, 7) is 9.90. The molecule has 1 aromatic carbocycles. The molecular formula is C23H28N2O2S2. The number of nitrogens with zero attached hydrogens (tertiary/aromatic N) is 2. The van der Waals surface area contributed by atoms with Gasteiger partial charge in [-0.05, 0) is 31.7 Å². The number of hydrogen-bond acceptors (Lipinski definition) is 5. The molecule has 0 atom stereocenters. The van der Waals surface area contributed by atoms with Crippen molar-refractivity contribution in [3.63, 3.8) is 0 Å². The fraction of sp³-hybridized carbons (Fsp3) is 0.478. The van der Waals surface area contributed by atoms with Gasteiger partial charge in [-0.15, -0.1) is 0 Å². The molecule has 6 heteroatoms. The number of rotatable bonds is 6. The standard InChI is InChI=1S/C23H28N2O2S2/c1-15(2)10-11-29-22-24-20-19(17-12-23(3,4)26-14-18(17)27-20)21(28)25(22)13-16-8-6-5-7-9-16/h5-9,15H,10-14H2,1-4H3. The second-order valence-electron chi connectivity index (χ2n) is 8.71. The highest BCUT2D eigenvalue weighted by molar-refractivity contribution is 7.99. The Kier molecular flexibility index (Phi) is 5.87. The molecule has 0 unspecified atom stereocenters. The third kappa shape index (κ3) is 4.44. The lowest BCUT2D eigenvalue weighted by Crippen LogP contribution is -2.31. The van der Waals surface area contributed by atoms with E-state index in [0.29, 0.717) is 24.8 Å². The van der Waals surface area contributed by atoms with Crippen LogP contribution in [0.5, 0.6) is 0 Å². The van der Waals surface area contributed by atoms with Crippen LogP contribution in [0.25, 0.3) is 11.1 Å². The first-order chi connectivity index (χ1) is 13.8. The molecule has 3 aromatic rings. The maximum absolute atomic E-state index is 6.11. The molecule has 0 fully saturated rings. The summed E-state index contributed by atoms with van der Waals surface area (Å²) >= 11 is 7.77. The van der Waals surface area contributed by atoms with Crippen LogP contribution < -0.4 is 0 Å². The van der Waals surface area contributed by atoms with E-state index in [9.17, 15) is 0 Å². The number of furan rings is 1. The highest BCUT2D eigenvalue weighted by Crippen LogP contribution is 2.36. The van der Waals surface area contributed by atoms with E-state index in [2.05, 4.69) is 56.5 Å². The summed E-state index contributed by atoms with van der Waals surface area (Å²) in [6.07, 6.45) is 1.92. The molecule has 0 N–H and O–H groups in total. The topological polar surface area (TPSA) is 40.2 Å². The van der Waals surface area contributed by atoms with E-state index in [0.717, 1.165) is 45.1 Å². The minimum absolute atomic E-state index is 0.222. The van der Waals surface area contributed by atoms with Crippen LogP contribution in [-0.4, -0.2) is 20.9 Å². The Morgan fingerprint density at radius 3 is 2.72 bits per heavy atom. The van der Waals surface area contributed by atoms with Crippen molar-refractivity contribution in [2.24, 2.45) is 5.92 Å². The van der Waals surface area contributed by atoms with Crippen LogP contribution in [0.3, 0.4) is 0 Å². The maximum atomic E-state index is 6.11. The Morgan fingerprint density at radius 1 is 1.24 bits per heavy atom. The Hall–Kier alpha value is -1.63. The molecule has 154 valence electrons. The van der Waals surface area contributed by atoms with Crippen molar-refractivity contribution in [3.8, 4) is 0 Å². The van der Waals surface area contributed by atoms with E-state index in [4.69, 9.17) is 26.4 Å². The average molecular weight is 429 g/mol. The van der Waals surface area contributed by atoms with Gasteiger partial charge in [0.15, 0.2) is 5.16 Å². The van der Waals surface area contributed by atoms with Gasteiger partial charge in [-0.3, -0.25) is 0 Å². The predicted molar refractivity (Wildman–Crippen MR) is 121 cm³/mol. The lowest BCUT2D eigenvalue weighted by molar-refractivity contribution is -0.0476. The molecule has 4 rings (SSSR count). The van der Waals surface area contributed by atoms with Gasteiger partial charge < -0.3 is 13.7 Å². The first-order valence-electron chi connectivity index (χ1n) is 10.2. The van der Waals surface area contributed by atoms with Gasteiger partial charge in [0, 0.05) is 17.7 Å². The Labute approximate surface area is 181 Å². The average Bonchev–Trinajstić information content (AvgIpc) is 3.01. The lowest BCUT2D eigenvalue weighted by Gasteiger charge is -2.29. The molecule has 4 nitrogen and oxygen atoms in total. The third-order valence-corrected chi connectivity index (χ3v) is 6.70. The van der Waals surface area contributed by atoms with Crippen molar-refractivity contribution >= 4 is 35.1 Å². The smallest absolute Gasteiger partial charge is 0.232 e. The van der Waals surface area contributed by atoms with Crippen LogP contribution in [0.4, 0.5) is 0 Å². The molecule has 0 amide bonds. The quantitative estimate of drug-likeness (QED) is 0.258. The largest absolute Gasteiger partial charge is 0.440 e. The predicted octanol–water partition coefficient (Wildman–Crippen LogP) is 6.40. The Bertz CT molecular complexity index is 1070. The number of aromatic nitrogens is 2. The highest BCUT2D eigenvalue weighted by atomic mass is 32.2. The molecule has 3 heterocycles. The van der Waals surface area contributed by atoms with E-state index in [1.807, 2.05) is 6.07 Å². The zero-order valence-corrected chi connectivity index (χ0v) is 19.2. The van der Waals surface area contributed by atoms with Gasteiger partial charge in [0.05, 0.1) is 17.5 Å². The van der Waals surface area contributed by atoms with E-state index >= 15 is 0 Å². The second-order valence-corrected chi connectivity index (χ2v) is 10.2. The molecule has 0 bridgehead atoms. The van der Waals surface area contributed by atoms with Gasteiger partial charge in [-0.25, -0.2) is 0 Å². The Morgan fingerprint density at radius 2 is 2.00 bits per heavy atom. The van der Waals surface area contributed by atoms with Gasteiger partial charge in [-0.1, -0.05) is 68.2 Å². The summed E-state index contributed by atoms with van der Waals surface area (Å²) in [5.74, 6) is 2.54. The Balaban J connectivity index is 1.82. The molecular weight excluding hydrogens is 400 g/mol. The van der Waals surface area contributed by atoms with Crippen molar-refractivity contribution < 1.29 is 9.15 Å². The van der Waals surface area contributed by atoms with Crippen LogP contribution in [-0.2, 0) is 24.3 Å². The molecule has 0 saturated carbocycles. The first-order valence-corrected chi connectivity index (χ1v) is 11.6. The van der Waals surface area contributed by atoms with Crippen LogP contribution >= 0.6 is 24.0 Å². The van der Waals surface area contributed by atoms with E-state index in [1.165, 1.54) is 5.56 Å². The summed E-state index contributed by atoms with van der Waals surface area (Å²) < 4.78 is 15.0. The van der Waals surface area contributed by atoms with Gasteiger partial charge in [0.25, 0.3) is 0 Å². The van der Waals surface area contributed by atoms with Gasteiger partial charge >= 0.3 is 0 Å². The molecule has 2 aromatic heterocycles. The molecule has 0 radical (unpaired) electrons. The maximum Gasteiger partial charge on any atom is 0.232 e. The number of hydrogen-bond donors (Lipinski definition) is 0. The number of benzene rings is 1. The van der Waals surface area contributed by atoms with Crippen molar-refractivity contribution in [1.29, 1.82) is 0 Å². The lowest BCUT2D eigenvalue weighted by atomic mass is 9.94. The molecule has 1 aliphatic heterocycles. The van der Waals surface area contributed by atoms with Gasteiger partial charge in [0.1, 0.15) is 17.0 Å². The fourth-order valence-electron chi connectivity index (χ4n) is 3.61. The number of fused-ring (bicyclic) bond motifs is 3. The minimum atomic E-state index is -0.222. The molecule has 0 saturated heterocycles. The second kappa shape index (κ2) is 8.25. The van der Waals surface area contributed by atoms with Crippen molar-refractivity contribution in [2.45, 2.75) is 64.4 Å². The first kappa shape index (κ1) is 20.6. The number of ether oxygens (including phenoxy) is 1. The van der Waals surface area contributed by atoms with Crippen molar-refractivity contribution in [1.82, 2.24) is 9.55 Å². The normalized spacial score (nSPS) is 15.8. The SMILES string of the molecule is CC(C)CCSc1nc2oc3c(c2c(=S)n1Cc1ccccc1)CC(C)(C)OC3. The molecule has 1 aliphatic rings. The monoisotopic (exact) mass is 428 g/mol. The van der Waals surface area contributed by atoms with Crippen molar-refractivity contribution in [2.75, 3.05) is 5.75 Å². The van der Waals surface area contributed by atoms with E-state index in [1.54, 1.807) is 11.8 Å². The fourth-order valence-corrected chi connectivity index (χ4v) is 5.26. The van der Waals surface area contributed by atoms with Crippen LogP contribution in [0.15, 0.2) is 39.9 Å². The van der Waals surface area contributed by atoms with Crippen molar-refractivity contribution in [3.05, 3.63) is 51.9 Å². The van der Waals surface area contributed by atoms with Crippen LogP contribution in [0.1, 0.15) is 51.0 Å². The van der Waals surface area contributed by atoms with Gasteiger partial charge in [0.2, 0.25) is 5.71 Å². The molecule has 0 aliphatic carbocycles. The van der Waals surface area contributed by atoms with E-state index in [-0.39, 0.29) is 5.60 Å². The summed E-state index contributed by atoms with van der Waals surface area (Å²) in [4.78, 5) is 4.92. The summed E-state index contributed by atoms with van der Waals surface area (Å²) in [5, 5.41) is 1.91. The zero-order chi connectivity index (χ0) is 20.6. The summed E-state index contributed by atoms with van der Waals surface area (Å²) in [6, 6.07) is 10.4. The van der Waals surface area contributed by atoms with Crippen LogP contribution in [0, 0.1) is 10.6 Å². The minimum Gasteiger partial charge on any atom is -0.440 e. The summed E-state index contributed by atoms with van der Waals surface area (Å²) in [7, 11) is 0. The van der Waals surface area contributed by atoms with Gasteiger partial charge in [-0.2, -0.15) is 4.98 Å². The van der Waals surface area contributed by atoms with E-state index < -0.39 is 0 Å². The zero-order valence-electron chi connectivity index (χ0n) is 17.5. The number of thioether (sulfide) groups is 1. The summed E-state index contributed by atoms with van der Waals surface area (Å²) in [5.41, 5.74) is 2.81. The molecule has 0 spiro atoms. The third-order valence-electron chi connectivity index (χ3n) is 5.27. The highest BCUT2D eigenvalue weighted by Gasteiger charge is 2.32. The van der Waals surface area contributed by atoms with Crippen LogP contribution in [0.2, 0.25) is 0 Å².